The molecule has 10 heterocycles. The molecule has 0 aliphatic carbocycles. The summed E-state index contributed by atoms with van der Waals surface area (Å²) in [6.45, 7) is 7.17. The van der Waals surface area contributed by atoms with Crippen LogP contribution < -0.4 is 0 Å². The molecule has 0 saturated carbocycles. The van der Waals surface area contributed by atoms with Gasteiger partial charge >= 0.3 is 134 Å². The summed E-state index contributed by atoms with van der Waals surface area (Å²) in [5, 5.41) is 0. The van der Waals surface area contributed by atoms with Crippen LogP contribution >= 0.6 is 15.8 Å². The van der Waals surface area contributed by atoms with Crippen molar-refractivity contribution in [2.24, 2.45) is 0 Å². The second-order valence-electron chi connectivity index (χ2n) is 13.0. The Kier molecular flexibility index (Phi) is 0.684. The molecular weight excluding hydrogens is 358 g/mol. The molecule has 10 aliphatic heterocycles. The van der Waals surface area contributed by atoms with Crippen molar-refractivity contribution >= 4 is 15.8 Å². The van der Waals surface area contributed by atoms with Gasteiger partial charge in [0.25, 0.3) is 0 Å². The first-order valence-corrected chi connectivity index (χ1v) is 20.6. The zero-order valence-electron chi connectivity index (χ0n) is 15.1. The monoisotopic (exact) mass is 390 g/mol. The molecule has 10 saturated heterocycles. The Morgan fingerprint density at radius 2 is 0.957 bits per heavy atom. The molecule has 10 rings (SSSR count). The number of fused-ring (bicyclic) bond motifs is 10. The standard InChI is InChI=1S/C15H27P2.C5H5.Fe/c1-5-16(6-2)12-14-10-9-11-15(14)13-17(7-3)8-4;1-2-4-5-3-1;/h9-11H,5-8,12-13H2,1-4H3;1-5H;. The van der Waals surface area contributed by atoms with Gasteiger partial charge in [-0.1, -0.05) is 0 Å². The maximum atomic E-state index is 2.54. The van der Waals surface area contributed by atoms with E-state index < -0.39 is 6.51 Å². The van der Waals surface area contributed by atoms with Crippen molar-refractivity contribution in [1.29, 1.82) is 0 Å². The van der Waals surface area contributed by atoms with Crippen LogP contribution in [0.1, 0.15) is 27.7 Å². The fourth-order valence-electron chi connectivity index (χ4n) is 19.9. The van der Waals surface area contributed by atoms with Crippen LogP contribution in [0.15, 0.2) is 0 Å². The van der Waals surface area contributed by atoms with E-state index in [4.69, 9.17) is 0 Å². The summed E-state index contributed by atoms with van der Waals surface area (Å²) in [6, 6.07) is 0. The average molecular weight is 390 g/mol. The molecule has 10 fully saturated rings. The van der Waals surface area contributed by atoms with E-state index in [0.717, 1.165) is 0 Å². The molecule has 0 nitrogen and oxygen atoms in total. The van der Waals surface area contributed by atoms with E-state index in [2.05, 4.69) is 27.7 Å². The van der Waals surface area contributed by atoms with Crippen LogP contribution in [0.4, 0.5) is 0 Å². The second-order valence-corrected chi connectivity index (χ2v) is 42.3. The molecule has 0 amide bonds. The van der Waals surface area contributed by atoms with Gasteiger partial charge in [-0.25, -0.2) is 0 Å². The Bertz CT molecular complexity index is 994. The zero-order valence-corrected chi connectivity index (χ0v) is 18.0. The minimum atomic E-state index is -2.99. The Hall–Kier alpha value is 1.38. The molecule has 130 valence electrons. The predicted molar refractivity (Wildman–Crippen MR) is 101 cm³/mol. The van der Waals surface area contributed by atoms with Gasteiger partial charge in [-0.2, -0.15) is 0 Å². The molecule has 0 aromatic heterocycles. The number of rotatable bonds is 8. The predicted octanol–water partition coefficient (Wildman–Crippen LogP) is 7.16. The molecule has 0 N–H and O–H groups in total. The van der Waals surface area contributed by atoms with Crippen LogP contribution in [-0.4, -0.2) is 37.0 Å². The molecule has 0 aromatic carbocycles. The van der Waals surface area contributed by atoms with Gasteiger partial charge in [-0.05, 0) is 0 Å². The molecule has 1 spiro atoms. The van der Waals surface area contributed by atoms with Crippen molar-refractivity contribution in [3.05, 3.63) is 0 Å². The van der Waals surface area contributed by atoms with Crippen LogP contribution in [-0.2, 0) is 6.51 Å². The van der Waals surface area contributed by atoms with Gasteiger partial charge in [-0.3, -0.25) is 0 Å². The van der Waals surface area contributed by atoms with Crippen molar-refractivity contribution in [3.8, 4) is 0 Å². The molecule has 10 aliphatic rings. The van der Waals surface area contributed by atoms with E-state index in [0.29, 0.717) is 15.8 Å². The SMILES string of the molecule is CCP(CC)C[C]12[CH]3[CH]4[CH]5[C]1(CP(CC)CC)[Fe]43521678[CH]2[CH]1[CH]6[CH]7[CH]28. The Balaban J connectivity index is 1.29. The van der Waals surface area contributed by atoms with E-state index in [-0.39, 0.29) is 0 Å². The topological polar surface area (TPSA) is 0 Å². The Labute approximate surface area is 134 Å². The van der Waals surface area contributed by atoms with Crippen LogP contribution in [0.2, 0.25) is 47.2 Å². The molecule has 4 unspecified atom stereocenters. The third-order valence-electron chi connectivity index (χ3n) is 18.2. The molecule has 4 atom stereocenters. The second kappa shape index (κ2) is 1.31. The summed E-state index contributed by atoms with van der Waals surface area (Å²) >= 11 is 0. The van der Waals surface area contributed by atoms with Crippen molar-refractivity contribution in [1.82, 2.24) is 0 Å². The van der Waals surface area contributed by atoms with Gasteiger partial charge < -0.3 is 0 Å². The first kappa shape index (κ1) is 12.0. The van der Waals surface area contributed by atoms with Crippen LogP contribution in [0, 0.1) is 0 Å². The summed E-state index contributed by atoms with van der Waals surface area (Å²) in [4.78, 5) is 12.3. The number of hydrogen-bond acceptors (Lipinski definition) is 0. The van der Waals surface area contributed by atoms with Gasteiger partial charge in [0.2, 0.25) is 0 Å². The zero-order chi connectivity index (χ0) is 15.3. The maximum absolute atomic E-state index is 2.99. The van der Waals surface area contributed by atoms with Crippen molar-refractivity contribution in [2.75, 3.05) is 37.0 Å². The Morgan fingerprint density at radius 3 is 1.17 bits per heavy atom. The normalized spacial score (nSPS) is 95.0. The minimum absolute atomic E-state index is 0.415. The number of hydrogen-bond donors (Lipinski definition) is 0. The van der Waals surface area contributed by atoms with Gasteiger partial charge in [0.05, 0.1) is 0 Å². The van der Waals surface area contributed by atoms with Crippen LogP contribution in [0.3, 0.4) is 0 Å². The van der Waals surface area contributed by atoms with E-state index in [9.17, 15) is 0 Å². The fraction of sp³-hybridized carbons (Fsp3) is 1.00. The summed E-state index contributed by atoms with van der Waals surface area (Å²) in [6.07, 6.45) is 9.95. The summed E-state index contributed by atoms with van der Waals surface area (Å²) in [5.41, 5.74) is 0. The molecule has 0 radical (unpaired) electrons. The average Bonchev–Trinajstić information content (AvgIpc) is 3.52. The first-order chi connectivity index (χ1) is 10.9. The van der Waals surface area contributed by atoms with Gasteiger partial charge in [-0.15, -0.1) is 0 Å². The summed E-state index contributed by atoms with van der Waals surface area (Å²) in [7, 11) is 0.829. The first-order valence-electron chi connectivity index (χ1n) is 10.6. The van der Waals surface area contributed by atoms with Crippen molar-refractivity contribution in [3.63, 3.8) is 0 Å². The summed E-state index contributed by atoms with van der Waals surface area (Å²) in [5.74, 6) is 0. The van der Waals surface area contributed by atoms with Gasteiger partial charge in [0.1, 0.15) is 0 Å². The van der Waals surface area contributed by atoms with Crippen LogP contribution in [0.5, 0.6) is 0 Å². The third kappa shape index (κ3) is 0.176. The molecule has 0 aromatic rings. The van der Waals surface area contributed by atoms with Gasteiger partial charge in [0.15, 0.2) is 0 Å². The van der Waals surface area contributed by atoms with E-state index >= 15 is 0 Å². The van der Waals surface area contributed by atoms with Crippen molar-refractivity contribution in [2.45, 2.75) is 74.9 Å². The molecule has 23 heavy (non-hydrogen) atoms. The quantitative estimate of drug-likeness (QED) is 0.305. The van der Waals surface area contributed by atoms with E-state index in [1.54, 1.807) is 24.6 Å². The molecule has 3 heteroatoms. The van der Waals surface area contributed by atoms with E-state index in [1.807, 2.05) is 12.3 Å². The van der Waals surface area contributed by atoms with E-state index in [1.165, 1.54) is 47.2 Å². The molecular formula is C20H32FeP2. The van der Waals surface area contributed by atoms with Crippen molar-refractivity contribution < 1.29 is 6.51 Å². The van der Waals surface area contributed by atoms with Gasteiger partial charge in [0, 0.05) is 0 Å². The Morgan fingerprint density at radius 1 is 0.609 bits per heavy atom. The summed E-state index contributed by atoms with van der Waals surface area (Å²) < 4.78 is 2.38. The third-order valence-corrected chi connectivity index (χ3v) is 68.2. The fourth-order valence-corrected chi connectivity index (χ4v) is 108. The van der Waals surface area contributed by atoms with Crippen LogP contribution in [0.25, 0.3) is 0 Å². The molecule has 0 bridgehead atoms.